The molecule has 0 saturated carbocycles. The lowest BCUT2D eigenvalue weighted by atomic mass is 9.88. The molecule has 0 amide bonds. The Morgan fingerprint density at radius 3 is 1.10 bits per heavy atom. The lowest BCUT2D eigenvalue weighted by Gasteiger charge is -2.16. The summed E-state index contributed by atoms with van der Waals surface area (Å²) in [6.45, 7) is 0. The van der Waals surface area contributed by atoms with E-state index < -0.39 is 7.82 Å². The van der Waals surface area contributed by atoms with Gasteiger partial charge in [-0.15, -0.1) is 0 Å². The van der Waals surface area contributed by atoms with Gasteiger partial charge in [-0.1, -0.05) is 109 Å². The lowest BCUT2D eigenvalue weighted by Crippen LogP contribution is -1.90. The molecule has 0 saturated heterocycles. The first kappa shape index (κ1) is 20.7. The van der Waals surface area contributed by atoms with Gasteiger partial charge in [0.15, 0.2) is 0 Å². The molecular weight excluding hydrogens is 383 g/mol. The fourth-order valence-electron chi connectivity index (χ4n) is 3.18. The normalized spacial score (nSPS) is 10.7. The number of hydrogen-bond acceptors (Lipinski definition) is 1. The van der Waals surface area contributed by atoms with Crippen LogP contribution in [0.4, 0.5) is 0 Å². The summed E-state index contributed by atoms with van der Waals surface area (Å²) in [6, 6.07) is 38.4. The first-order valence-electron chi connectivity index (χ1n) is 9.01. The van der Waals surface area contributed by atoms with E-state index in [4.69, 9.17) is 19.2 Å². The number of benzene rings is 4. The van der Waals surface area contributed by atoms with Crippen molar-refractivity contribution in [2.45, 2.75) is 0 Å². The van der Waals surface area contributed by atoms with E-state index in [2.05, 4.69) is 109 Å². The third-order valence-corrected chi connectivity index (χ3v) is 4.30. The summed E-state index contributed by atoms with van der Waals surface area (Å²) in [5.41, 5.74) is 7.56. The van der Waals surface area contributed by atoms with Crippen LogP contribution in [0.15, 0.2) is 109 Å². The molecule has 0 spiro atoms. The summed E-state index contributed by atoms with van der Waals surface area (Å²) in [7, 11) is -4.64. The second-order valence-electron chi connectivity index (χ2n) is 6.34. The maximum atomic E-state index is 8.88. The standard InChI is InChI=1S/C24H18.H3O4P/c1-4-11-19(12-5-1)22-17-10-18-23(20-13-6-2-7-14-20)24(22)21-15-8-3-9-16-21;1-5(2,3)4/h1-18H;(H3,1,2,3,4). The van der Waals surface area contributed by atoms with Gasteiger partial charge in [-0.2, -0.15) is 0 Å². The molecule has 0 aliphatic carbocycles. The van der Waals surface area contributed by atoms with Gasteiger partial charge in [-0.05, 0) is 33.4 Å². The molecule has 146 valence electrons. The molecule has 5 heteroatoms. The highest BCUT2D eigenvalue weighted by Crippen LogP contribution is 2.39. The van der Waals surface area contributed by atoms with Gasteiger partial charge in [0, 0.05) is 0 Å². The lowest BCUT2D eigenvalue weighted by molar-refractivity contribution is 0.275. The molecule has 4 rings (SSSR count). The van der Waals surface area contributed by atoms with Crippen LogP contribution in [0.2, 0.25) is 0 Å². The number of rotatable bonds is 3. The topological polar surface area (TPSA) is 77.8 Å². The molecule has 29 heavy (non-hydrogen) atoms. The minimum atomic E-state index is -4.64. The smallest absolute Gasteiger partial charge is 0.303 e. The molecule has 0 aliphatic heterocycles. The monoisotopic (exact) mass is 404 g/mol. The average Bonchev–Trinajstić information content (AvgIpc) is 2.74. The van der Waals surface area contributed by atoms with Crippen molar-refractivity contribution in [2.24, 2.45) is 0 Å². The summed E-state index contributed by atoms with van der Waals surface area (Å²) in [6.07, 6.45) is 0. The van der Waals surface area contributed by atoms with Crippen LogP contribution in [-0.2, 0) is 4.57 Å². The minimum Gasteiger partial charge on any atom is -0.303 e. The van der Waals surface area contributed by atoms with Crippen molar-refractivity contribution in [1.82, 2.24) is 0 Å². The molecule has 4 nitrogen and oxygen atoms in total. The first-order valence-corrected chi connectivity index (χ1v) is 10.6. The van der Waals surface area contributed by atoms with Crippen molar-refractivity contribution in [3.8, 4) is 33.4 Å². The van der Waals surface area contributed by atoms with Crippen molar-refractivity contribution in [3.63, 3.8) is 0 Å². The molecule has 0 unspecified atom stereocenters. The van der Waals surface area contributed by atoms with Crippen LogP contribution in [0, 0.1) is 0 Å². The fraction of sp³-hybridized carbons (Fsp3) is 0. The maximum Gasteiger partial charge on any atom is 0.466 e. The van der Waals surface area contributed by atoms with Gasteiger partial charge >= 0.3 is 7.82 Å². The van der Waals surface area contributed by atoms with Gasteiger partial charge in [0.25, 0.3) is 0 Å². The van der Waals surface area contributed by atoms with Crippen molar-refractivity contribution in [1.29, 1.82) is 0 Å². The van der Waals surface area contributed by atoms with Crippen molar-refractivity contribution >= 4 is 7.82 Å². The largest absolute Gasteiger partial charge is 0.466 e. The predicted octanol–water partition coefficient (Wildman–Crippen LogP) is 5.76. The highest BCUT2D eigenvalue weighted by molar-refractivity contribution is 7.45. The van der Waals surface area contributed by atoms with E-state index in [0.29, 0.717) is 0 Å². The zero-order valence-corrected chi connectivity index (χ0v) is 16.5. The fourth-order valence-corrected chi connectivity index (χ4v) is 3.18. The Morgan fingerprint density at radius 1 is 0.448 bits per heavy atom. The molecule has 0 heterocycles. The zero-order chi connectivity index (χ0) is 20.7. The molecule has 4 aromatic carbocycles. The molecule has 0 aliphatic rings. The molecule has 0 aromatic heterocycles. The molecule has 0 radical (unpaired) electrons. The molecule has 0 bridgehead atoms. The number of phosphoric acid groups is 1. The van der Waals surface area contributed by atoms with E-state index in [-0.39, 0.29) is 0 Å². The Labute approximate surface area is 170 Å². The highest BCUT2D eigenvalue weighted by atomic mass is 31.2. The van der Waals surface area contributed by atoms with Crippen LogP contribution in [0.1, 0.15) is 0 Å². The molecule has 0 fully saturated rings. The van der Waals surface area contributed by atoms with Gasteiger partial charge in [-0.3, -0.25) is 0 Å². The van der Waals surface area contributed by atoms with Crippen LogP contribution in [0.3, 0.4) is 0 Å². The Morgan fingerprint density at radius 2 is 0.759 bits per heavy atom. The van der Waals surface area contributed by atoms with Gasteiger partial charge in [0.05, 0.1) is 0 Å². The quantitative estimate of drug-likeness (QED) is 0.380. The summed E-state index contributed by atoms with van der Waals surface area (Å²) in [5.74, 6) is 0. The Hall–Kier alpha value is -3.01. The average molecular weight is 404 g/mol. The van der Waals surface area contributed by atoms with Crippen LogP contribution in [-0.4, -0.2) is 14.7 Å². The van der Waals surface area contributed by atoms with Gasteiger partial charge < -0.3 is 14.7 Å². The van der Waals surface area contributed by atoms with E-state index >= 15 is 0 Å². The van der Waals surface area contributed by atoms with Gasteiger partial charge in [0.1, 0.15) is 0 Å². The Bertz CT molecular complexity index is 1030. The second kappa shape index (κ2) is 9.46. The van der Waals surface area contributed by atoms with Gasteiger partial charge in [0.2, 0.25) is 0 Å². The van der Waals surface area contributed by atoms with Crippen molar-refractivity contribution in [2.75, 3.05) is 0 Å². The predicted molar refractivity (Wildman–Crippen MR) is 117 cm³/mol. The van der Waals surface area contributed by atoms with Crippen LogP contribution >= 0.6 is 7.82 Å². The van der Waals surface area contributed by atoms with E-state index in [9.17, 15) is 0 Å². The van der Waals surface area contributed by atoms with E-state index in [1.165, 1.54) is 33.4 Å². The summed E-state index contributed by atoms with van der Waals surface area (Å²) in [5, 5.41) is 0. The zero-order valence-electron chi connectivity index (χ0n) is 15.6. The minimum absolute atomic E-state index is 1.24. The molecular formula is C24H21O4P. The first-order chi connectivity index (χ1) is 13.9. The maximum absolute atomic E-state index is 8.88. The Balaban J connectivity index is 0.000000431. The van der Waals surface area contributed by atoms with Crippen molar-refractivity contribution in [3.05, 3.63) is 109 Å². The van der Waals surface area contributed by atoms with E-state index in [1.807, 2.05) is 0 Å². The number of hydrogen-bond donors (Lipinski definition) is 3. The highest BCUT2D eigenvalue weighted by Gasteiger charge is 2.13. The summed E-state index contributed by atoms with van der Waals surface area (Å²) in [4.78, 5) is 21.6. The van der Waals surface area contributed by atoms with Crippen LogP contribution in [0.25, 0.3) is 33.4 Å². The third kappa shape index (κ3) is 5.98. The van der Waals surface area contributed by atoms with Crippen LogP contribution in [0.5, 0.6) is 0 Å². The van der Waals surface area contributed by atoms with E-state index in [0.717, 1.165) is 0 Å². The van der Waals surface area contributed by atoms with Crippen molar-refractivity contribution < 1.29 is 19.2 Å². The SMILES string of the molecule is O=P(O)(O)O.c1ccc(-c2cccc(-c3ccccc3)c2-c2ccccc2)cc1. The van der Waals surface area contributed by atoms with Crippen LogP contribution < -0.4 is 0 Å². The Kier molecular flexibility index (Phi) is 6.76. The molecule has 3 N–H and O–H groups in total. The molecule has 0 atom stereocenters. The third-order valence-electron chi connectivity index (χ3n) is 4.30. The van der Waals surface area contributed by atoms with Gasteiger partial charge in [-0.25, -0.2) is 4.57 Å². The molecule has 4 aromatic rings. The summed E-state index contributed by atoms with van der Waals surface area (Å²) >= 11 is 0. The summed E-state index contributed by atoms with van der Waals surface area (Å²) < 4.78 is 8.88. The van der Waals surface area contributed by atoms with E-state index in [1.54, 1.807) is 0 Å². The second-order valence-corrected chi connectivity index (χ2v) is 7.37.